The molecule has 3 atom stereocenters. The molecule has 1 aliphatic carbocycles. The minimum absolute atomic E-state index is 0.00182. The number of imidazole rings is 1. The number of ether oxygens (including phenoxy) is 2. The van der Waals surface area contributed by atoms with Crippen LogP contribution >= 0.6 is 11.6 Å². The first kappa shape index (κ1) is 25.7. The summed E-state index contributed by atoms with van der Waals surface area (Å²) in [4.78, 5) is 31.3. The van der Waals surface area contributed by atoms with E-state index < -0.39 is 5.76 Å². The number of hydrogen-bond acceptors (Lipinski definition) is 9. The SMILES string of the molecule is CC1CCC(Cn2c(N3CC(C)OC4COCC43)nc3cc(-c4noc(=O)[nH]4)nc(-c4cncc(Cl)c4)c32)CC1. The molecule has 2 aliphatic heterocycles. The molecule has 0 bridgehead atoms. The number of pyridine rings is 2. The molecule has 2 saturated heterocycles. The van der Waals surface area contributed by atoms with Crippen molar-refractivity contribution in [1.29, 1.82) is 0 Å². The molecule has 3 aliphatic rings. The van der Waals surface area contributed by atoms with Crippen molar-refractivity contribution in [1.82, 2.24) is 29.7 Å². The second-order valence-corrected chi connectivity index (χ2v) is 11.9. The summed E-state index contributed by atoms with van der Waals surface area (Å²) in [6.45, 7) is 7.15. The van der Waals surface area contributed by atoms with Gasteiger partial charge < -0.3 is 18.9 Å². The van der Waals surface area contributed by atoms with E-state index in [2.05, 4.69) is 38.4 Å². The van der Waals surface area contributed by atoms with Crippen LogP contribution in [0.15, 0.2) is 33.8 Å². The lowest BCUT2D eigenvalue weighted by Gasteiger charge is -2.40. The van der Waals surface area contributed by atoms with Crippen LogP contribution in [0.2, 0.25) is 5.02 Å². The van der Waals surface area contributed by atoms with E-state index in [1.165, 1.54) is 25.7 Å². The van der Waals surface area contributed by atoms with Crippen LogP contribution in [-0.2, 0) is 16.0 Å². The quantitative estimate of drug-likeness (QED) is 0.377. The highest BCUT2D eigenvalue weighted by atomic mass is 35.5. The van der Waals surface area contributed by atoms with Crippen LogP contribution in [-0.4, -0.2) is 67.7 Å². The minimum Gasteiger partial charge on any atom is -0.376 e. The summed E-state index contributed by atoms with van der Waals surface area (Å²) in [5.74, 6) is 1.76. The van der Waals surface area contributed by atoms with Gasteiger partial charge in [-0.15, -0.1) is 0 Å². The molecule has 7 rings (SSSR count). The summed E-state index contributed by atoms with van der Waals surface area (Å²) in [6, 6.07) is 3.79. The van der Waals surface area contributed by atoms with Gasteiger partial charge in [0.05, 0.1) is 47.1 Å². The Hall–Kier alpha value is -3.28. The van der Waals surface area contributed by atoms with Gasteiger partial charge >= 0.3 is 5.76 Å². The Morgan fingerprint density at radius 1 is 1.10 bits per heavy atom. The number of anilines is 1. The van der Waals surface area contributed by atoms with Crippen molar-refractivity contribution >= 4 is 28.6 Å². The third-order valence-corrected chi connectivity index (χ3v) is 8.67. The Morgan fingerprint density at radius 2 is 1.95 bits per heavy atom. The minimum atomic E-state index is -0.643. The maximum Gasteiger partial charge on any atom is 0.439 e. The number of hydrogen-bond donors (Lipinski definition) is 1. The second kappa shape index (κ2) is 10.3. The third kappa shape index (κ3) is 4.69. The van der Waals surface area contributed by atoms with Gasteiger partial charge in [0.2, 0.25) is 11.8 Å². The van der Waals surface area contributed by atoms with E-state index in [1.807, 2.05) is 12.1 Å². The number of H-pyrrole nitrogens is 1. The smallest absolute Gasteiger partial charge is 0.376 e. The largest absolute Gasteiger partial charge is 0.439 e. The zero-order valence-corrected chi connectivity index (χ0v) is 23.3. The van der Waals surface area contributed by atoms with Crippen molar-refractivity contribution < 1.29 is 14.0 Å². The Balaban J connectivity index is 1.45. The summed E-state index contributed by atoms with van der Waals surface area (Å²) < 4.78 is 19.2. The molecule has 4 aromatic rings. The van der Waals surface area contributed by atoms with E-state index in [0.717, 1.165) is 35.0 Å². The Labute approximate surface area is 235 Å². The van der Waals surface area contributed by atoms with Gasteiger partial charge in [-0.3, -0.25) is 14.5 Å². The van der Waals surface area contributed by atoms with Crippen LogP contribution in [0.3, 0.4) is 0 Å². The summed E-state index contributed by atoms with van der Waals surface area (Å²) >= 11 is 6.40. The molecule has 1 saturated carbocycles. The van der Waals surface area contributed by atoms with Crippen molar-refractivity contribution in [2.45, 2.75) is 64.3 Å². The first-order chi connectivity index (χ1) is 19.4. The molecule has 0 radical (unpaired) electrons. The van der Waals surface area contributed by atoms with Crippen LogP contribution in [0.25, 0.3) is 33.8 Å². The lowest BCUT2D eigenvalue weighted by Crippen LogP contribution is -2.54. The number of aromatic nitrogens is 6. The number of morpholine rings is 1. The fourth-order valence-electron chi connectivity index (χ4n) is 6.44. The van der Waals surface area contributed by atoms with Crippen molar-refractivity contribution in [2.75, 3.05) is 24.7 Å². The van der Waals surface area contributed by atoms with Gasteiger partial charge in [0.1, 0.15) is 11.8 Å². The molecule has 12 heteroatoms. The molecule has 210 valence electrons. The molecule has 3 unspecified atom stereocenters. The number of halogens is 1. The summed E-state index contributed by atoms with van der Waals surface area (Å²) in [6.07, 6.45) is 8.20. The average molecular weight is 566 g/mol. The van der Waals surface area contributed by atoms with Gasteiger partial charge in [0.15, 0.2) is 0 Å². The lowest BCUT2D eigenvalue weighted by atomic mass is 9.83. The zero-order valence-electron chi connectivity index (χ0n) is 22.5. The molecule has 6 heterocycles. The van der Waals surface area contributed by atoms with E-state index in [0.29, 0.717) is 42.1 Å². The van der Waals surface area contributed by atoms with Crippen molar-refractivity contribution in [2.24, 2.45) is 11.8 Å². The molecule has 0 amide bonds. The summed E-state index contributed by atoms with van der Waals surface area (Å²) in [7, 11) is 0. The van der Waals surface area contributed by atoms with Gasteiger partial charge in [-0.2, -0.15) is 0 Å². The van der Waals surface area contributed by atoms with Crippen LogP contribution < -0.4 is 10.7 Å². The molecular formula is C28H32ClN7O4. The molecular weight excluding hydrogens is 534 g/mol. The van der Waals surface area contributed by atoms with Crippen LogP contribution in [0, 0.1) is 11.8 Å². The molecule has 11 nitrogen and oxygen atoms in total. The molecule has 4 aromatic heterocycles. The van der Waals surface area contributed by atoms with E-state index in [1.54, 1.807) is 12.4 Å². The monoisotopic (exact) mass is 565 g/mol. The van der Waals surface area contributed by atoms with Crippen molar-refractivity contribution in [3.05, 3.63) is 40.1 Å². The molecule has 1 N–H and O–H groups in total. The first-order valence-corrected chi connectivity index (χ1v) is 14.4. The van der Waals surface area contributed by atoms with Crippen molar-refractivity contribution in [3.8, 4) is 22.8 Å². The van der Waals surface area contributed by atoms with Crippen LogP contribution in [0.4, 0.5) is 5.95 Å². The maximum atomic E-state index is 11.8. The summed E-state index contributed by atoms with van der Waals surface area (Å²) in [5, 5.41) is 4.40. The Kier molecular flexibility index (Phi) is 6.60. The molecule has 0 spiro atoms. The van der Waals surface area contributed by atoms with Gasteiger partial charge in [0, 0.05) is 31.0 Å². The normalized spacial score (nSPS) is 26.9. The maximum absolute atomic E-state index is 11.8. The van der Waals surface area contributed by atoms with Gasteiger partial charge in [0.25, 0.3) is 0 Å². The standard InChI is InChI=1S/C28H32ClN7O4/c1-15-3-5-17(6-4-15)12-36-25-20(32-27(36)35-11-16(2)39-23-14-38-13-22(23)35)8-21(26-33-28(37)40-34-26)31-24(25)18-7-19(29)10-30-9-18/h7-10,15-17,22-23H,3-6,11-14H2,1-2H3,(H,33,34,37). The number of aromatic amines is 1. The Bertz CT molecular complexity index is 1590. The second-order valence-electron chi connectivity index (χ2n) is 11.4. The van der Waals surface area contributed by atoms with E-state index in [-0.39, 0.29) is 24.1 Å². The van der Waals surface area contributed by atoms with E-state index in [9.17, 15) is 4.79 Å². The fraction of sp³-hybridized carbons (Fsp3) is 0.536. The molecule has 0 aromatic carbocycles. The number of nitrogens with zero attached hydrogens (tertiary/aromatic N) is 6. The highest BCUT2D eigenvalue weighted by Crippen LogP contribution is 2.39. The van der Waals surface area contributed by atoms with Gasteiger partial charge in [-0.25, -0.2) is 14.8 Å². The number of rotatable bonds is 5. The van der Waals surface area contributed by atoms with Gasteiger partial charge in [-0.1, -0.05) is 36.5 Å². The molecule has 40 heavy (non-hydrogen) atoms. The zero-order chi connectivity index (χ0) is 27.4. The first-order valence-electron chi connectivity index (χ1n) is 14.0. The highest BCUT2D eigenvalue weighted by molar-refractivity contribution is 6.30. The predicted octanol–water partition coefficient (Wildman–Crippen LogP) is 4.31. The predicted molar refractivity (Wildman–Crippen MR) is 149 cm³/mol. The lowest BCUT2D eigenvalue weighted by molar-refractivity contribution is -0.0293. The van der Waals surface area contributed by atoms with Crippen molar-refractivity contribution in [3.63, 3.8) is 0 Å². The van der Waals surface area contributed by atoms with Crippen LogP contribution in [0.1, 0.15) is 39.5 Å². The fourth-order valence-corrected chi connectivity index (χ4v) is 6.61. The highest BCUT2D eigenvalue weighted by Gasteiger charge is 2.42. The number of fused-ring (bicyclic) bond motifs is 2. The van der Waals surface area contributed by atoms with E-state index in [4.69, 9.17) is 35.6 Å². The Morgan fingerprint density at radius 3 is 2.73 bits per heavy atom. The average Bonchev–Trinajstić information content (AvgIpc) is 3.68. The number of nitrogens with one attached hydrogen (secondary N) is 1. The van der Waals surface area contributed by atoms with Crippen LogP contribution in [0.5, 0.6) is 0 Å². The molecule has 3 fully saturated rings. The third-order valence-electron chi connectivity index (χ3n) is 8.46. The van der Waals surface area contributed by atoms with Gasteiger partial charge in [-0.05, 0) is 43.7 Å². The van der Waals surface area contributed by atoms with E-state index >= 15 is 0 Å². The summed E-state index contributed by atoms with van der Waals surface area (Å²) in [5.41, 5.74) is 3.54. The topological polar surface area (TPSA) is 124 Å².